The molecule has 9 nitrogen and oxygen atoms in total. The molecule has 0 saturated carbocycles. The molecule has 1 atom stereocenters. The Balaban J connectivity index is -0.0000000338. The maximum Gasteiger partial charge on any atom is 0.375 e. The van der Waals surface area contributed by atoms with Crippen molar-refractivity contribution in [2.24, 2.45) is 4.99 Å². The van der Waals surface area contributed by atoms with Gasteiger partial charge in [-0.25, -0.2) is 4.79 Å². The maximum atomic E-state index is 9.49. The van der Waals surface area contributed by atoms with Crippen LogP contribution in [-0.2, 0) is 32.8 Å². The molecule has 0 rings (SSSR count). The zero-order valence-corrected chi connectivity index (χ0v) is 24.8. The van der Waals surface area contributed by atoms with Gasteiger partial charge in [-0.3, -0.25) is 4.93 Å². The molecule has 0 spiro atoms. The number of ether oxygens (including phenoxy) is 2. The molecule has 1 radical (unpaired) electrons. The largest absolute Gasteiger partial charge is 0.375 e. The molecule has 127 valence electrons. The van der Waals surface area contributed by atoms with E-state index in [2.05, 4.69) is 63.5 Å². The van der Waals surface area contributed by atoms with E-state index in [4.69, 9.17) is 27.1 Å². The number of halogens is 3. The molecule has 3 N–H and O–H groups in total. The van der Waals surface area contributed by atoms with Crippen LogP contribution in [0.3, 0.4) is 0 Å². The number of aliphatic hydroxyl groups excluding tert-OH is 1. The van der Waals surface area contributed by atoms with E-state index in [1.807, 2.05) is 22.6 Å². The number of nitriles is 2. The molecule has 0 aliphatic heterocycles. The summed E-state index contributed by atoms with van der Waals surface area (Å²) in [5.74, 6) is 0. The average molecular weight is 954 g/mol. The number of carbonyl (C=O) groups excluding carboxylic acids is 1. The van der Waals surface area contributed by atoms with Crippen molar-refractivity contribution in [2.75, 3.05) is 0 Å². The van der Waals surface area contributed by atoms with E-state index in [1.54, 1.807) is 0 Å². The molecule has 16 heteroatoms. The van der Waals surface area contributed by atoms with Crippen molar-refractivity contribution in [3.63, 3.8) is 0 Å². The SMILES string of the molecule is N#COC(N=C=O)OC#N.OC(O)O.P.[2H]P(I)I.[CH2-]I.[U].[V]. The van der Waals surface area contributed by atoms with E-state index in [0.717, 1.165) is 6.08 Å². The predicted molar refractivity (Wildman–Crippen MR) is 103 cm³/mol. The fourth-order valence-corrected chi connectivity index (χ4v) is 0.210. The van der Waals surface area contributed by atoms with Crippen molar-refractivity contribution < 1.29 is 79.3 Å². The van der Waals surface area contributed by atoms with E-state index in [1.165, 1.54) is 12.5 Å². The smallest absolute Gasteiger partial charge is 0.361 e. The Hall–Kier alpha value is 2.53. The summed E-state index contributed by atoms with van der Waals surface area (Å²) >= 11 is 6.02. The fraction of sp³-hybridized carbons (Fsp3) is 0.333. The fourth-order valence-electron chi connectivity index (χ4n) is 0.210. The topological polar surface area (TPSA) is 156 Å². The molecule has 0 aliphatic carbocycles. The van der Waals surface area contributed by atoms with Crippen LogP contribution in [0.15, 0.2) is 4.99 Å². The Labute approximate surface area is 209 Å². The minimum atomic E-state index is -2.17. The quantitative estimate of drug-likeness (QED) is 0.0732. The Morgan fingerprint density at radius 2 is 1.45 bits per heavy atom. The summed E-state index contributed by atoms with van der Waals surface area (Å²) in [5.41, 5.74) is 0. The van der Waals surface area contributed by atoms with Crippen LogP contribution in [0.2, 0.25) is 0 Å². The van der Waals surface area contributed by atoms with Crippen molar-refractivity contribution in [2.45, 2.75) is 12.9 Å². The molecule has 22 heavy (non-hydrogen) atoms. The summed E-state index contributed by atoms with van der Waals surface area (Å²) in [6, 6.07) is 0. The third kappa shape index (κ3) is 78.6. The Morgan fingerprint density at radius 3 is 1.59 bits per heavy atom. The van der Waals surface area contributed by atoms with Gasteiger partial charge in [-0.05, 0) is 44.1 Å². The second kappa shape index (κ2) is 49.5. The first-order chi connectivity index (χ1) is 9.31. The van der Waals surface area contributed by atoms with Crippen LogP contribution in [0, 0.1) is 59.1 Å². The first-order valence-corrected chi connectivity index (χ1v) is 11.4. The molecule has 0 aromatic rings. The molecule has 0 aliphatic rings. The monoisotopic (exact) mass is 954 g/mol. The molecule has 0 bridgehead atoms. The molecule has 0 amide bonds. The van der Waals surface area contributed by atoms with E-state index < -0.39 is 16.7 Å². The number of isocyanates is 1. The molecule has 0 saturated heterocycles. The van der Waals surface area contributed by atoms with Crippen molar-refractivity contribution >= 4 is 86.5 Å². The van der Waals surface area contributed by atoms with Crippen molar-refractivity contribution in [3.05, 3.63) is 4.93 Å². The van der Waals surface area contributed by atoms with Gasteiger partial charge in [-0.15, -0.1) is 4.99 Å². The van der Waals surface area contributed by atoms with Crippen molar-refractivity contribution in [1.29, 1.82) is 11.8 Å². The van der Waals surface area contributed by atoms with Gasteiger partial charge in [0.2, 0.25) is 6.08 Å². The van der Waals surface area contributed by atoms with Gasteiger partial charge in [-0.1, -0.05) is 0 Å². The van der Waals surface area contributed by atoms with Crippen LogP contribution in [-0.4, -0.2) is 35.6 Å². The number of hydrogen-bond acceptors (Lipinski definition) is 9. The predicted octanol–water partition coefficient (Wildman–Crippen LogP) is 1.48. The van der Waals surface area contributed by atoms with Gasteiger partial charge in [0.05, 0.1) is 1.28 Å². The minimum absolute atomic E-state index is 0. The minimum Gasteiger partial charge on any atom is -0.361 e. The third-order valence-electron chi connectivity index (χ3n) is 0.465. The summed E-state index contributed by atoms with van der Waals surface area (Å²) in [6.45, 7) is -2.17. The van der Waals surface area contributed by atoms with Gasteiger partial charge in [0.1, 0.15) is 0 Å². The molecule has 0 heterocycles. The Morgan fingerprint density at radius 1 is 1.23 bits per heavy atom. The van der Waals surface area contributed by atoms with Gasteiger partial charge in [-0.2, -0.15) is 20.4 Å². The first-order valence-electron chi connectivity index (χ1n) is 3.84. The zero-order chi connectivity index (χ0) is 17.0. The maximum absolute atomic E-state index is 9.49. The summed E-state index contributed by atoms with van der Waals surface area (Å²) in [6.07, 6.45) is 1.94. The molecule has 0 aromatic carbocycles. The van der Waals surface area contributed by atoms with Crippen LogP contribution < -0.4 is 0 Å². The van der Waals surface area contributed by atoms with E-state index >= 15 is 0 Å². The van der Waals surface area contributed by atoms with Crippen LogP contribution in [0.4, 0.5) is 0 Å². The molecular formula is C6H11I3N3O6P2UV-. The number of aliphatic hydroxyl groups is 3. The van der Waals surface area contributed by atoms with Crippen LogP contribution in [0.1, 0.15) is 0 Å². The van der Waals surface area contributed by atoms with E-state index in [-0.39, 0.29) is 59.6 Å². The van der Waals surface area contributed by atoms with E-state index in [0.29, 0.717) is 0 Å². The summed E-state index contributed by atoms with van der Waals surface area (Å²) in [4.78, 5) is 15.5. The van der Waals surface area contributed by atoms with E-state index in [9.17, 15) is 4.79 Å². The normalized spacial score (nSPS) is 6.64. The van der Waals surface area contributed by atoms with Gasteiger partial charge in [0.15, 0.2) is 0 Å². The molecule has 0 fully saturated rings. The summed E-state index contributed by atoms with van der Waals surface area (Å²) in [5, 5.41) is 37.2. The second-order valence-electron chi connectivity index (χ2n) is 1.36. The average Bonchev–Trinajstić information content (AvgIpc) is 2.31. The molecule has 1 unspecified atom stereocenters. The van der Waals surface area contributed by atoms with Crippen molar-refractivity contribution in [1.82, 2.24) is 0 Å². The van der Waals surface area contributed by atoms with Crippen LogP contribution in [0.25, 0.3) is 0 Å². The number of aliphatic imine (C=N–C) groups is 1. The Bertz CT molecular complexity index is 308. The second-order valence-corrected chi connectivity index (χ2v) is 9.92. The zero-order valence-electron chi connectivity index (χ0n) is 11.5. The summed E-state index contributed by atoms with van der Waals surface area (Å²) < 4.78 is 14.1. The van der Waals surface area contributed by atoms with Gasteiger partial charge >= 0.3 is 6.41 Å². The number of hydrogen-bond donors (Lipinski definition) is 3. The summed E-state index contributed by atoms with van der Waals surface area (Å²) in [7, 11) is 0. The Kier molecular flexibility index (Phi) is 89.0. The van der Waals surface area contributed by atoms with Gasteiger partial charge in [0.25, 0.3) is 19.0 Å². The third-order valence-corrected chi connectivity index (χ3v) is 0.465. The molecular weight excluding hydrogens is 942 g/mol. The first kappa shape index (κ1) is 39.6. The van der Waals surface area contributed by atoms with Gasteiger partial charge in [0, 0.05) is 53.5 Å². The number of rotatable bonds is 3. The van der Waals surface area contributed by atoms with Crippen LogP contribution >= 0.6 is 80.4 Å². The van der Waals surface area contributed by atoms with Crippen LogP contribution in [0.5, 0.6) is 0 Å². The van der Waals surface area contributed by atoms with Crippen molar-refractivity contribution in [3.8, 4) is 12.5 Å². The number of nitrogens with zero attached hydrogens (tertiary/aromatic N) is 3. The van der Waals surface area contributed by atoms with Gasteiger partial charge < -0.3 is 47.4 Å². The standard InChI is InChI=1S/C4HN3O3.CH2I.CH4O3.HI2P.H3P.U.V/c5-1-9-4(7-3-8)10-2-6;1-2;2-1(3)4;1-3-2;;;/h4H;1H2;1-4H;3H;1H3;;/q;-1;;;;;/i;;;3D;;;. The molecule has 0 aromatic heterocycles.